The van der Waals surface area contributed by atoms with Crippen molar-refractivity contribution in [2.24, 2.45) is 0 Å². The number of nitrogens with one attached hydrogen (secondary N) is 1. The van der Waals surface area contributed by atoms with Gasteiger partial charge in [0.2, 0.25) is 0 Å². The first kappa shape index (κ1) is 16.9. The topological polar surface area (TPSA) is 106 Å². The number of aliphatic carboxylic acids is 1. The molecule has 8 nitrogen and oxygen atoms in total. The highest BCUT2D eigenvalue weighted by atomic mass is 16.5. The first-order chi connectivity index (χ1) is 10.9. The minimum absolute atomic E-state index is 0.137. The van der Waals surface area contributed by atoms with E-state index in [1.165, 1.54) is 0 Å². The van der Waals surface area contributed by atoms with E-state index in [0.717, 1.165) is 11.0 Å². The van der Waals surface area contributed by atoms with Crippen molar-refractivity contribution in [2.75, 3.05) is 19.8 Å². The Bertz CT molecular complexity index is 724. The number of hydrogen-bond acceptors (Lipinski definition) is 5. The highest BCUT2D eigenvalue weighted by Gasteiger charge is 2.15. The number of rotatable bonds is 7. The molecule has 2 rings (SSSR count). The van der Waals surface area contributed by atoms with Crippen molar-refractivity contribution in [3.8, 4) is 0 Å². The van der Waals surface area contributed by atoms with Crippen LogP contribution in [0.4, 0.5) is 0 Å². The monoisotopic (exact) mass is 320 g/mol. The number of pyridine rings is 1. The van der Waals surface area contributed by atoms with Crippen molar-refractivity contribution in [3.05, 3.63) is 23.5 Å². The van der Waals surface area contributed by atoms with Gasteiger partial charge in [-0.1, -0.05) is 0 Å². The van der Waals surface area contributed by atoms with Gasteiger partial charge in [-0.2, -0.15) is 5.10 Å². The van der Waals surface area contributed by atoms with Crippen molar-refractivity contribution in [1.29, 1.82) is 0 Å². The van der Waals surface area contributed by atoms with E-state index < -0.39 is 5.97 Å². The van der Waals surface area contributed by atoms with E-state index in [-0.39, 0.29) is 31.7 Å². The molecule has 0 spiro atoms. The van der Waals surface area contributed by atoms with Crippen LogP contribution in [-0.2, 0) is 9.53 Å². The van der Waals surface area contributed by atoms with E-state index in [9.17, 15) is 9.59 Å². The smallest absolute Gasteiger partial charge is 0.329 e. The normalized spacial score (nSPS) is 11.1. The van der Waals surface area contributed by atoms with Gasteiger partial charge in [0.15, 0.2) is 5.65 Å². The third kappa shape index (κ3) is 4.04. The second-order valence-corrected chi connectivity index (χ2v) is 5.42. The summed E-state index contributed by atoms with van der Waals surface area (Å²) in [5.74, 6) is -1.31. The molecule has 0 saturated heterocycles. The Balaban J connectivity index is 2.06. The van der Waals surface area contributed by atoms with E-state index in [1.54, 1.807) is 19.2 Å². The zero-order chi connectivity index (χ0) is 17.0. The summed E-state index contributed by atoms with van der Waals surface area (Å²) >= 11 is 0. The highest BCUT2D eigenvalue weighted by molar-refractivity contribution is 5.98. The third-order valence-electron chi connectivity index (χ3n) is 3.25. The summed E-state index contributed by atoms with van der Waals surface area (Å²) < 4.78 is 6.68. The number of carboxylic acids is 1. The molecule has 1 amide bonds. The van der Waals surface area contributed by atoms with Crippen LogP contribution in [0.15, 0.2) is 12.3 Å². The number of carboxylic acid groups (broad SMARTS) is 1. The Kier molecular flexibility index (Phi) is 5.28. The number of fused-ring (bicyclic) bond motifs is 1. The van der Waals surface area contributed by atoms with Crippen LogP contribution in [0.2, 0.25) is 0 Å². The molecule has 0 fully saturated rings. The third-order valence-corrected chi connectivity index (χ3v) is 3.25. The molecular formula is C15H20N4O4. The SMILES string of the molecule is Cc1nc2c(cnn2C(C)C)cc1C(=O)NCCOCC(=O)O. The molecule has 124 valence electrons. The summed E-state index contributed by atoms with van der Waals surface area (Å²) in [4.78, 5) is 27.0. The predicted octanol–water partition coefficient (Wildman–Crippen LogP) is 1.15. The van der Waals surface area contributed by atoms with Crippen LogP contribution in [0.1, 0.15) is 35.9 Å². The van der Waals surface area contributed by atoms with E-state index in [2.05, 4.69) is 15.4 Å². The van der Waals surface area contributed by atoms with Crippen LogP contribution in [0.25, 0.3) is 11.0 Å². The Morgan fingerprint density at radius 1 is 1.43 bits per heavy atom. The molecule has 0 aliphatic heterocycles. The van der Waals surface area contributed by atoms with Gasteiger partial charge in [0.05, 0.1) is 24.1 Å². The fraction of sp³-hybridized carbons (Fsp3) is 0.467. The minimum atomic E-state index is -1.04. The Morgan fingerprint density at radius 3 is 2.83 bits per heavy atom. The number of nitrogens with zero attached hydrogens (tertiary/aromatic N) is 3. The van der Waals surface area contributed by atoms with Crippen LogP contribution >= 0.6 is 0 Å². The van der Waals surface area contributed by atoms with Crippen LogP contribution in [-0.4, -0.2) is 51.5 Å². The zero-order valence-electron chi connectivity index (χ0n) is 13.4. The van der Waals surface area contributed by atoms with Crippen molar-refractivity contribution in [2.45, 2.75) is 26.8 Å². The standard InChI is InChI=1S/C15H20N4O4/c1-9(2)19-14-11(7-17-19)6-12(10(3)18-14)15(22)16-4-5-23-8-13(20)21/h6-7,9H,4-5,8H2,1-3H3,(H,16,22)(H,20,21). The van der Waals surface area contributed by atoms with Gasteiger partial charge < -0.3 is 15.2 Å². The van der Waals surface area contributed by atoms with E-state index in [4.69, 9.17) is 9.84 Å². The maximum atomic E-state index is 12.2. The first-order valence-electron chi connectivity index (χ1n) is 7.32. The molecule has 0 bridgehead atoms. The lowest BCUT2D eigenvalue weighted by Crippen LogP contribution is -2.28. The Hall–Kier alpha value is -2.48. The van der Waals surface area contributed by atoms with E-state index in [0.29, 0.717) is 11.3 Å². The summed E-state index contributed by atoms with van der Waals surface area (Å²) in [5, 5.41) is 16.2. The van der Waals surface area contributed by atoms with Crippen molar-refractivity contribution >= 4 is 22.9 Å². The summed E-state index contributed by atoms with van der Waals surface area (Å²) in [6, 6.07) is 1.95. The summed E-state index contributed by atoms with van der Waals surface area (Å²) in [7, 11) is 0. The summed E-state index contributed by atoms with van der Waals surface area (Å²) in [5.41, 5.74) is 1.83. The lowest BCUT2D eigenvalue weighted by molar-refractivity contribution is -0.142. The lowest BCUT2D eigenvalue weighted by atomic mass is 10.1. The van der Waals surface area contributed by atoms with E-state index in [1.807, 2.05) is 18.5 Å². The van der Waals surface area contributed by atoms with Gasteiger partial charge in [0.25, 0.3) is 5.91 Å². The average molecular weight is 320 g/mol. The fourth-order valence-electron chi connectivity index (χ4n) is 2.16. The molecule has 0 radical (unpaired) electrons. The maximum absolute atomic E-state index is 12.2. The molecule has 2 aromatic rings. The van der Waals surface area contributed by atoms with Gasteiger partial charge in [0.1, 0.15) is 6.61 Å². The Morgan fingerprint density at radius 2 is 2.17 bits per heavy atom. The van der Waals surface area contributed by atoms with Gasteiger partial charge >= 0.3 is 5.97 Å². The number of amides is 1. The number of hydrogen-bond donors (Lipinski definition) is 2. The van der Waals surface area contributed by atoms with Crippen LogP contribution < -0.4 is 5.32 Å². The summed E-state index contributed by atoms with van der Waals surface area (Å²) in [6.07, 6.45) is 1.69. The number of aromatic nitrogens is 3. The average Bonchev–Trinajstić information content (AvgIpc) is 2.88. The molecule has 2 aromatic heterocycles. The number of aryl methyl sites for hydroxylation is 1. The maximum Gasteiger partial charge on any atom is 0.329 e. The minimum Gasteiger partial charge on any atom is -0.480 e. The molecule has 2 heterocycles. The number of ether oxygens (including phenoxy) is 1. The first-order valence-corrected chi connectivity index (χ1v) is 7.32. The van der Waals surface area contributed by atoms with Crippen LogP contribution in [0.5, 0.6) is 0 Å². The lowest BCUT2D eigenvalue weighted by Gasteiger charge is -2.10. The molecule has 2 N–H and O–H groups in total. The second-order valence-electron chi connectivity index (χ2n) is 5.42. The van der Waals surface area contributed by atoms with Gasteiger partial charge in [-0.25, -0.2) is 14.5 Å². The zero-order valence-corrected chi connectivity index (χ0v) is 13.4. The second kappa shape index (κ2) is 7.19. The largest absolute Gasteiger partial charge is 0.480 e. The van der Waals surface area contributed by atoms with Gasteiger partial charge in [-0.3, -0.25) is 4.79 Å². The molecule has 0 aromatic carbocycles. The fourth-order valence-corrected chi connectivity index (χ4v) is 2.16. The highest BCUT2D eigenvalue weighted by Crippen LogP contribution is 2.19. The van der Waals surface area contributed by atoms with Crippen molar-refractivity contribution < 1.29 is 19.4 Å². The molecule has 0 aliphatic carbocycles. The van der Waals surface area contributed by atoms with Crippen molar-refractivity contribution in [3.63, 3.8) is 0 Å². The number of carbonyl (C=O) groups excluding carboxylic acids is 1. The van der Waals surface area contributed by atoms with Gasteiger partial charge in [-0.15, -0.1) is 0 Å². The van der Waals surface area contributed by atoms with Gasteiger partial charge in [-0.05, 0) is 26.8 Å². The predicted molar refractivity (Wildman–Crippen MR) is 83.4 cm³/mol. The summed E-state index contributed by atoms with van der Waals surface area (Å²) in [6.45, 7) is 5.79. The van der Waals surface area contributed by atoms with Crippen molar-refractivity contribution in [1.82, 2.24) is 20.1 Å². The Labute approximate surface area is 133 Å². The van der Waals surface area contributed by atoms with Crippen LogP contribution in [0, 0.1) is 6.92 Å². The number of carbonyl (C=O) groups is 2. The quantitative estimate of drug-likeness (QED) is 0.741. The molecule has 0 unspecified atom stereocenters. The van der Waals surface area contributed by atoms with Crippen LogP contribution in [0.3, 0.4) is 0 Å². The van der Waals surface area contributed by atoms with Gasteiger partial charge in [0, 0.05) is 18.0 Å². The molecule has 23 heavy (non-hydrogen) atoms. The molecule has 0 aliphatic rings. The molecule has 8 heteroatoms. The molecule has 0 saturated carbocycles. The molecular weight excluding hydrogens is 300 g/mol. The molecule has 0 atom stereocenters. The van der Waals surface area contributed by atoms with E-state index >= 15 is 0 Å².